The van der Waals surface area contributed by atoms with Crippen LogP contribution in [-0.4, -0.2) is 25.8 Å². The fourth-order valence-electron chi connectivity index (χ4n) is 1.08. The van der Waals surface area contributed by atoms with Gasteiger partial charge in [0.1, 0.15) is 0 Å². The zero-order valence-corrected chi connectivity index (χ0v) is 7.52. The van der Waals surface area contributed by atoms with Gasteiger partial charge < -0.3 is 10.1 Å². The van der Waals surface area contributed by atoms with Crippen molar-refractivity contribution in [1.82, 2.24) is 5.32 Å². The van der Waals surface area contributed by atoms with E-state index in [0.717, 1.165) is 31.8 Å². The van der Waals surface area contributed by atoms with Gasteiger partial charge in [0.05, 0.1) is 13.2 Å². The summed E-state index contributed by atoms with van der Waals surface area (Å²) in [5, 5.41) is 3.34. The SMILES string of the molecule is C=C(C)C#CCC1COCCN1. The van der Waals surface area contributed by atoms with Crippen LogP contribution in [-0.2, 0) is 4.74 Å². The fourth-order valence-corrected chi connectivity index (χ4v) is 1.08. The van der Waals surface area contributed by atoms with Crippen LogP contribution in [0.5, 0.6) is 0 Å². The minimum atomic E-state index is 0.408. The highest BCUT2D eigenvalue weighted by molar-refractivity contribution is 5.23. The van der Waals surface area contributed by atoms with Crippen LogP contribution in [0.3, 0.4) is 0 Å². The maximum Gasteiger partial charge on any atom is 0.0629 e. The minimum absolute atomic E-state index is 0.408. The molecule has 0 saturated carbocycles. The number of hydrogen-bond donors (Lipinski definition) is 1. The lowest BCUT2D eigenvalue weighted by Gasteiger charge is -2.21. The number of hydrogen-bond acceptors (Lipinski definition) is 2. The summed E-state index contributed by atoms with van der Waals surface area (Å²) in [5.41, 5.74) is 0.923. The molecule has 2 nitrogen and oxygen atoms in total. The standard InChI is InChI=1S/C10H15NO/c1-9(2)4-3-5-10-8-12-7-6-11-10/h10-11H,1,5-8H2,2H3. The Kier molecular flexibility index (Phi) is 3.86. The number of morpholine rings is 1. The Bertz CT molecular complexity index is 206. The van der Waals surface area contributed by atoms with Crippen molar-refractivity contribution in [2.75, 3.05) is 19.8 Å². The highest BCUT2D eigenvalue weighted by Crippen LogP contribution is 1.96. The summed E-state index contributed by atoms with van der Waals surface area (Å²) in [6, 6.07) is 0.408. The molecule has 1 rings (SSSR count). The summed E-state index contributed by atoms with van der Waals surface area (Å²) in [7, 11) is 0. The van der Waals surface area contributed by atoms with Crippen molar-refractivity contribution in [3.8, 4) is 11.8 Å². The molecule has 0 aliphatic carbocycles. The van der Waals surface area contributed by atoms with Crippen LogP contribution in [0.4, 0.5) is 0 Å². The zero-order chi connectivity index (χ0) is 8.81. The van der Waals surface area contributed by atoms with Crippen LogP contribution >= 0.6 is 0 Å². The lowest BCUT2D eigenvalue weighted by molar-refractivity contribution is 0.0784. The smallest absolute Gasteiger partial charge is 0.0629 e. The fraction of sp³-hybridized carbons (Fsp3) is 0.600. The van der Waals surface area contributed by atoms with Crippen molar-refractivity contribution in [2.24, 2.45) is 0 Å². The molecule has 1 fully saturated rings. The van der Waals surface area contributed by atoms with Crippen LogP contribution < -0.4 is 5.32 Å². The van der Waals surface area contributed by atoms with E-state index in [1.54, 1.807) is 0 Å². The Balaban J connectivity index is 2.22. The molecule has 1 saturated heterocycles. The van der Waals surface area contributed by atoms with Gasteiger partial charge in [-0.15, -0.1) is 0 Å². The van der Waals surface area contributed by atoms with Gasteiger partial charge in [0.15, 0.2) is 0 Å². The molecule has 0 radical (unpaired) electrons. The first kappa shape index (κ1) is 9.31. The van der Waals surface area contributed by atoms with Crippen molar-refractivity contribution < 1.29 is 4.74 Å². The molecule has 1 aliphatic heterocycles. The lowest BCUT2D eigenvalue weighted by Crippen LogP contribution is -2.40. The molecule has 66 valence electrons. The van der Waals surface area contributed by atoms with Gasteiger partial charge in [-0.3, -0.25) is 0 Å². The molecule has 0 aromatic heterocycles. The molecule has 12 heavy (non-hydrogen) atoms. The van der Waals surface area contributed by atoms with E-state index in [-0.39, 0.29) is 0 Å². The number of allylic oxidation sites excluding steroid dienone is 1. The Morgan fingerprint density at radius 1 is 1.75 bits per heavy atom. The highest BCUT2D eigenvalue weighted by Gasteiger charge is 2.10. The van der Waals surface area contributed by atoms with E-state index < -0.39 is 0 Å². The number of ether oxygens (including phenoxy) is 1. The predicted molar refractivity (Wildman–Crippen MR) is 49.8 cm³/mol. The Morgan fingerprint density at radius 3 is 3.17 bits per heavy atom. The van der Waals surface area contributed by atoms with E-state index in [0.29, 0.717) is 6.04 Å². The van der Waals surface area contributed by atoms with Gasteiger partial charge in [0.25, 0.3) is 0 Å². The largest absolute Gasteiger partial charge is 0.378 e. The highest BCUT2D eigenvalue weighted by atomic mass is 16.5. The molecule has 2 heteroatoms. The lowest BCUT2D eigenvalue weighted by atomic mass is 10.2. The Labute approximate surface area is 74.0 Å². The first-order chi connectivity index (χ1) is 5.79. The number of nitrogens with one attached hydrogen (secondary N) is 1. The minimum Gasteiger partial charge on any atom is -0.378 e. The molecule has 1 atom stereocenters. The average molecular weight is 165 g/mol. The van der Waals surface area contributed by atoms with E-state index >= 15 is 0 Å². The monoisotopic (exact) mass is 165 g/mol. The molecular formula is C10H15NO. The van der Waals surface area contributed by atoms with Crippen LogP contribution in [0.2, 0.25) is 0 Å². The Hall–Kier alpha value is -0.780. The van der Waals surface area contributed by atoms with Gasteiger partial charge >= 0.3 is 0 Å². The quantitative estimate of drug-likeness (QED) is 0.584. The van der Waals surface area contributed by atoms with E-state index in [9.17, 15) is 0 Å². The summed E-state index contributed by atoms with van der Waals surface area (Å²) >= 11 is 0. The third kappa shape index (κ3) is 3.56. The normalized spacial score (nSPS) is 22.6. The molecule has 1 aliphatic rings. The first-order valence-electron chi connectivity index (χ1n) is 4.24. The van der Waals surface area contributed by atoms with Gasteiger partial charge in [-0.05, 0) is 12.5 Å². The van der Waals surface area contributed by atoms with Gasteiger partial charge in [-0.2, -0.15) is 0 Å². The summed E-state index contributed by atoms with van der Waals surface area (Å²) in [6.45, 7) is 8.18. The second-order valence-corrected chi connectivity index (χ2v) is 3.01. The maximum absolute atomic E-state index is 5.29. The topological polar surface area (TPSA) is 21.3 Å². The summed E-state index contributed by atoms with van der Waals surface area (Å²) in [4.78, 5) is 0. The van der Waals surface area contributed by atoms with E-state index in [4.69, 9.17) is 4.74 Å². The molecule has 0 aromatic rings. The van der Waals surface area contributed by atoms with Gasteiger partial charge in [-0.1, -0.05) is 18.4 Å². The molecule has 1 heterocycles. The zero-order valence-electron chi connectivity index (χ0n) is 7.52. The van der Waals surface area contributed by atoms with E-state index in [2.05, 4.69) is 23.7 Å². The summed E-state index contributed by atoms with van der Waals surface area (Å²) in [5.74, 6) is 6.02. The Morgan fingerprint density at radius 2 is 2.58 bits per heavy atom. The van der Waals surface area contributed by atoms with Crippen molar-refractivity contribution in [1.29, 1.82) is 0 Å². The average Bonchev–Trinajstić information content (AvgIpc) is 2.05. The van der Waals surface area contributed by atoms with E-state index in [1.807, 2.05) is 6.92 Å². The summed E-state index contributed by atoms with van der Waals surface area (Å²) < 4.78 is 5.29. The number of rotatable bonds is 1. The van der Waals surface area contributed by atoms with E-state index in [1.165, 1.54) is 0 Å². The van der Waals surface area contributed by atoms with Crippen molar-refractivity contribution in [2.45, 2.75) is 19.4 Å². The second-order valence-electron chi connectivity index (χ2n) is 3.01. The molecule has 1 unspecified atom stereocenters. The van der Waals surface area contributed by atoms with Gasteiger partial charge in [-0.25, -0.2) is 0 Å². The summed E-state index contributed by atoms with van der Waals surface area (Å²) in [6.07, 6.45) is 0.854. The van der Waals surface area contributed by atoms with Crippen molar-refractivity contribution in [3.05, 3.63) is 12.2 Å². The molecule has 0 aromatic carbocycles. The van der Waals surface area contributed by atoms with Crippen LogP contribution in [0.1, 0.15) is 13.3 Å². The van der Waals surface area contributed by atoms with Crippen molar-refractivity contribution in [3.63, 3.8) is 0 Å². The van der Waals surface area contributed by atoms with Gasteiger partial charge in [0, 0.05) is 19.0 Å². The first-order valence-corrected chi connectivity index (χ1v) is 4.24. The van der Waals surface area contributed by atoms with Crippen LogP contribution in [0, 0.1) is 11.8 Å². The van der Waals surface area contributed by atoms with Crippen molar-refractivity contribution >= 4 is 0 Å². The van der Waals surface area contributed by atoms with Crippen LogP contribution in [0.25, 0.3) is 0 Å². The maximum atomic E-state index is 5.29. The van der Waals surface area contributed by atoms with Gasteiger partial charge in [0.2, 0.25) is 0 Å². The molecular weight excluding hydrogens is 150 g/mol. The van der Waals surface area contributed by atoms with Crippen LogP contribution in [0.15, 0.2) is 12.2 Å². The molecule has 0 amide bonds. The third-order valence-corrected chi connectivity index (χ3v) is 1.65. The molecule has 1 N–H and O–H groups in total. The third-order valence-electron chi connectivity index (χ3n) is 1.65. The predicted octanol–water partition coefficient (Wildman–Crippen LogP) is 0.944. The second kappa shape index (κ2) is 4.97. The molecule has 0 spiro atoms. The molecule has 0 bridgehead atoms.